The van der Waals surface area contributed by atoms with Crippen LogP contribution in [0.1, 0.15) is 84.5 Å². The van der Waals surface area contributed by atoms with Gasteiger partial charge >= 0.3 is 12.0 Å². The average molecular weight is 707 g/mol. The van der Waals surface area contributed by atoms with Crippen LogP contribution in [0.2, 0.25) is 5.15 Å². The van der Waals surface area contributed by atoms with Crippen LogP contribution in [0.5, 0.6) is 5.88 Å². The summed E-state index contributed by atoms with van der Waals surface area (Å²) in [4.78, 5) is 47.1. The summed E-state index contributed by atoms with van der Waals surface area (Å²) in [6, 6.07) is 8.86. The number of aryl methyl sites for hydroxylation is 1. The first-order chi connectivity index (χ1) is 23.8. The van der Waals surface area contributed by atoms with E-state index >= 15 is 8.78 Å². The number of hydrogen-bond donors (Lipinski definition) is 0. The SMILES string of the molecule is Cc1nc(OC2CCN(C(=O)OC(C)(C)C)CC2(F)F)ccc1N(Cc1ccc2c3c(c(Cl)nc2c1)COC3)C(=O)c1cnc(C2CC2)nc1. The standard InChI is InChI=1S/C36H37ClF2N6O5/c1-20-28(9-10-30(42-20)49-29-11-12-44(19-36(29,38)39)34(47)50-35(2,3)4)45(33(46)23-14-40-32(41-15-23)22-6-7-22)16-21-5-8-24-25-17-48-18-26(25)31(37)43-27(24)13-21/h5,8-10,13-15,22,29H,6-7,11-12,16-19H2,1-4H3. The molecule has 1 atom stereocenters. The maximum absolute atomic E-state index is 15.2. The van der Waals surface area contributed by atoms with E-state index < -0.39 is 30.3 Å². The summed E-state index contributed by atoms with van der Waals surface area (Å²) in [7, 11) is 0. The fraction of sp³-hybridized carbons (Fsp3) is 0.444. The fourth-order valence-electron chi connectivity index (χ4n) is 6.23. The highest BCUT2D eigenvalue weighted by atomic mass is 35.5. The number of amides is 2. The molecular formula is C36H37ClF2N6O5. The first-order valence-corrected chi connectivity index (χ1v) is 16.9. The molecule has 1 unspecified atom stereocenters. The van der Waals surface area contributed by atoms with E-state index in [9.17, 15) is 9.59 Å². The smallest absolute Gasteiger partial charge is 0.410 e. The zero-order valence-corrected chi connectivity index (χ0v) is 29.0. The molecule has 1 aliphatic carbocycles. The van der Waals surface area contributed by atoms with Crippen molar-refractivity contribution in [3.63, 3.8) is 0 Å². The van der Waals surface area contributed by atoms with Gasteiger partial charge in [-0.2, -0.15) is 0 Å². The zero-order valence-electron chi connectivity index (χ0n) is 28.2. The average Bonchev–Trinajstić information content (AvgIpc) is 3.79. The Morgan fingerprint density at radius 2 is 1.80 bits per heavy atom. The van der Waals surface area contributed by atoms with Crippen LogP contribution in [-0.2, 0) is 29.2 Å². The molecule has 1 saturated heterocycles. The summed E-state index contributed by atoms with van der Waals surface area (Å²) < 4.78 is 47.1. The van der Waals surface area contributed by atoms with E-state index in [2.05, 4.69) is 19.9 Å². The quantitative estimate of drug-likeness (QED) is 0.184. The normalized spacial score (nSPS) is 18.5. The lowest BCUT2D eigenvalue weighted by molar-refractivity contribution is -0.138. The van der Waals surface area contributed by atoms with Gasteiger partial charge in [0.1, 0.15) is 16.6 Å². The molecule has 0 N–H and O–H groups in total. The number of carbonyl (C=O) groups is 2. The van der Waals surface area contributed by atoms with Crippen molar-refractivity contribution in [2.24, 2.45) is 0 Å². The van der Waals surface area contributed by atoms with Crippen molar-refractivity contribution in [1.29, 1.82) is 0 Å². The minimum Gasteiger partial charge on any atom is -0.468 e. The molecule has 0 bridgehead atoms. The summed E-state index contributed by atoms with van der Waals surface area (Å²) in [5.74, 6) is -2.69. The molecule has 5 heterocycles. The number of halogens is 3. The van der Waals surface area contributed by atoms with E-state index in [1.54, 1.807) is 38.7 Å². The van der Waals surface area contributed by atoms with Crippen LogP contribution in [0.3, 0.4) is 0 Å². The highest BCUT2D eigenvalue weighted by molar-refractivity contribution is 6.30. The van der Waals surface area contributed by atoms with Crippen LogP contribution in [0.4, 0.5) is 19.3 Å². The molecular weight excluding hydrogens is 670 g/mol. The van der Waals surface area contributed by atoms with Crippen LogP contribution in [0.25, 0.3) is 10.9 Å². The number of benzene rings is 1. The van der Waals surface area contributed by atoms with Gasteiger partial charge in [0.2, 0.25) is 5.88 Å². The lowest BCUT2D eigenvalue weighted by Gasteiger charge is -2.38. The number of ether oxygens (including phenoxy) is 3. The third kappa shape index (κ3) is 7.06. The monoisotopic (exact) mass is 706 g/mol. The number of piperidine rings is 1. The molecule has 262 valence electrons. The van der Waals surface area contributed by atoms with Crippen molar-refractivity contribution >= 4 is 40.2 Å². The first-order valence-electron chi connectivity index (χ1n) is 16.6. The maximum Gasteiger partial charge on any atom is 0.410 e. The summed E-state index contributed by atoms with van der Waals surface area (Å²) in [5.41, 5.74) is 3.67. The molecule has 2 aliphatic heterocycles. The van der Waals surface area contributed by atoms with E-state index in [1.165, 1.54) is 18.5 Å². The largest absolute Gasteiger partial charge is 0.468 e. The van der Waals surface area contributed by atoms with Crippen molar-refractivity contribution in [2.75, 3.05) is 18.0 Å². The highest BCUT2D eigenvalue weighted by Crippen LogP contribution is 2.38. The Labute approximate surface area is 292 Å². The predicted molar refractivity (Wildman–Crippen MR) is 181 cm³/mol. The first kappa shape index (κ1) is 34.0. The van der Waals surface area contributed by atoms with Crippen LogP contribution in [0, 0.1) is 6.92 Å². The van der Waals surface area contributed by atoms with Crippen molar-refractivity contribution in [2.45, 2.75) is 90.3 Å². The maximum atomic E-state index is 15.2. The van der Waals surface area contributed by atoms with E-state index in [4.69, 9.17) is 25.8 Å². The second-order valence-corrected chi connectivity index (χ2v) is 14.4. The number of pyridine rings is 2. The second kappa shape index (κ2) is 13.0. The zero-order chi connectivity index (χ0) is 35.4. The van der Waals surface area contributed by atoms with Gasteiger partial charge in [0.15, 0.2) is 6.10 Å². The lowest BCUT2D eigenvalue weighted by atomic mass is 10.0. The lowest BCUT2D eigenvalue weighted by Crippen LogP contribution is -2.56. The summed E-state index contributed by atoms with van der Waals surface area (Å²) in [5, 5.41) is 1.32. The summed E-state index contributed by atoms with van der Waals surface area (Å²) in [6.45, 7) is 6.92. The third-order valence-corrected chi connectivity index (χ3v) is 9.24. The van der Waals surface area contributed by atoms with E-state index in [1.807, 2.05) is 18.2 Å². The minimum absolute atomic E-state index is 0.0215. The molecule has 3 aliphatic rings. The molecule has 7 rings (SSSR count). The van der Waals surface area contributed by atoms with Crippen LogP contribution < -0.4 is 9.64 Å². The van der Waals surface area contributed by atoms with Gasteiger partial charge in [-0.1, -0.05) is 23.7 Å². The number of anilines is 1. The second-order valence-electron chi connectivity index (χ2n) is 14.0. The molecule has 0 spiro atoms. The van der Waals surface area contributed by atoms with Gasteiger partial charge in [-0.3, -0.25) is 4.79 Å². The molecule has 14 heteroatoms. The van der Waals surface area contributed by atoms with Gasteiger partial charge in [-0.15, -0.1) is 0 Å². The number of hydrogen-bond acceptors (Lipinski definition) is 9. The number of aromatic nitrogens is 4. The molecule has 0 radical (unpaired) electrons. The molecule has 11 nitrogen and oxygen atoms in total. The van der Waals surface area contributed by atoms with E-state index in [0.29, 0.717) is 46.7 Å². The number of rotatable bonds is 7. The van der Waals surface area contributed by atoms with Gasteiger partial charge < -0.3 is 24.0 Å². The summed E-state index contributed by atoms with van der Waals surface area (Å²) in [6.07, 6.45) is 2.70. The molecule has 1 aromatic carbocycles. The highest BCUT2D eigenvalue weighted by Gasteiger charge is 2.48. The van der Waals surface area contributed by atoms with Gasteiger partial charge in [0.25, 0.3) is 5.91 Å². The molecule has 2 amide bonds. The number of alkyl halides is 2. The van der Waals surface area contributed by atoms with Crippen LogP contribution >= 0.6 is 11.6 Å². The van der Waals surface area contributed by atoms with Gasteiger partial charge in [0, 0.05) is 48.3 Å². The van der Waals surface area contributed by atoms with Crippen molar-refractivity contribution in [3.8, 4) is 5.88 Å². The predicted octanol–water partition coefficient (Wildman–Crippen LogP) is 7.16. The Morgan fingerprint density at radius 3 is 2.48 bits per heavy atom. The topological polar surface area (TPSA) is 120 Å². The van der Waals surface area contributed by atoms with Gasteiger partial charge in [-0.25, -0.2) is 33.5 Å². The van der Waals surface area contributed by atoms with Crippen molar-refractivity contribution < 1.29 is 32.6 Å². The Bertz CT molecular complexity index is 1970. The van der Waals surface area contributed by atoms with Crippen molar-refractivity contribution in [1.82, 2.24) is 24.8 Å². The number of carbonyl (C=O) groups excluding carboxylic acids is 2. The van der Waals surface area contributed by atoms with E-state index in [0.717, 1.165) is 45.6 Å². The van der Waals surface area contributed by atoms with Crippen molar-refractivity contribution in [3.05, 3.63) is 81.7 Å². The third-order valence-electron chi connectivity index (χ3n) is 8.93. The Hall–Kier alpha value is -4.49. The molecule has 3 aromatic heterocycles. The molecule has 1 saturated carbocycles. The molecule has 2 fully saturated rings. The molecule has 4 aromatic rings. The Balaban J connectivity index is 1.15. The molecule has 50 heavy (non-hydrogen) atoms. The van der Waals surface area contributed by atoms with Crippen LogP contribution in [0.15, 0.2) is 42.7 Å². The Kier molecular flexibility index (Phi) is 8.83. The summed E-state index contributed by atoms with van der Waals surface area (Å²) >= 11 is 6.48. The van der Waals surface area contributed by atoms with Gasteiger partial charge in [0.05, 0.1) is 48.8 Å². The number of likely N-dealkylation sites (tertiary alicyclic amines) is 1. The minimum atomic E-state index is -3.35. The fourth-order valence-corrected chi connectivity index (χ4v) is 6.49. The van der Waals surface area contributed by atoms with E-state index in [-0.39, 0.29) is 31.3 Å². The van der Waals surface area contributed by atoms with Crippen LogP contribution in [-0.4, -0.2) is 67.6 Å². The number of nitrogens with zero attached hydrogens (tertiary/aromatic N) is 6. The number of fused-ring (bicyclic) bond motifs is 3. The van der Waals surface area contributed by atoms with Gasteiger partial charge in [-0.05, 0) is 63.8 Å². The Morgan fingerprint density at radius 1 is 1.06 bits per heavy atom.